The molecule has 0 atom stereocenters. The highest BCUT2D eigenvalue weighted by atomic mass is 35.5. The maximum atomic E-state index is 13.1. The van der Waals surface area contributed by atoms with Crippen LogP contribution in [0.3, 0.4) is 0 Å². The number of benzene rings is 2. The van der Waals surface area contributed by atoms with Crippen molar-refractivity contribution in [1.82, 2.24) is 0 Å². The first-order chi connectivity index (χ1) is 8.11. The van der Waals surface area contributed by atoms with Gasteiger partial charge in [0.2, 0.25) is 0 Å². The van der Waals surface area contributed by atoms with Gasteiger partial charge in [-0.2, -0.15) is 5.26 Å². The highest BCUT2D eigenvalue weighted by molar-refractivity contribution is 6.30. The summed E-state index contributed by atoms with van der Waals surface area (Å²) >= 11 is 5.73. The van der Waals surface area contributed by atoms with Crippen LogP contribution in [0.2, 0.25) is 5.02 Å². The Labute approximate surface area is 102 Å². The van der Waals surface area contributed by atoms with E-state index in [4.69, 9.17) is 16.9 Å². The molecule has 0 aliphatic rings. The van der Waals surface area contributed by atoms with Crippen molar-refractivity contribution < 1.29 is 8.78 Å². The molecular formula is C13H6ClF2N. The molecule has 0 bridgehead atoms. The molecule has 0 fully saturated rings. The summed E-state index contributed by atoms with van der Waals surface area (Å²) in [7, 11) is 0. The highest BCUT2D eigenvalue weighted by Gasteiger charge is 2.11. The molecule has 0 aliphatic heterocycles. The van der Waals surface area contributed by atoms with E-state index in [9.17, 15) is 8.78 Å². The van der Waals surface area contributed by atoms with Gasteiger partial charge < -0.3 is 0 Å². The van der Waals surface area contributed by atoms with Crippen LogP contribution in [-0.4, -0.2) is 0 Å². The SMILES string of the molecule is N#Cc1cc(F)c(F)cc1-c1ccc(Cl)cc1. The summed E-state index contributed by atoms with van der Waals surface area (Å²) in [5, 5.41) is 9.42. The minimum atomic E-state index is -1.03. The van der Waals surface area contributed by atoms with Crippen LogP contribution < -0.4 is 0 Å². The number of nitriles is 1. The second kappa shape index (κ2) is 4.52. The third kappa shape index (κ3) is 2.27. The molecule has 0 spiro atoms. The standard InChI is InChI=1S/C13H6ClF2N/c14-10-3-1-8(2-4-10)11-6-13(16)12(15)5-9(11)7-17/h1-6H. The van der Waals surface area contributed by atoms with Gasteiger partial charge in [0.1, 0.15) is 0 Å². The summed E-state index contributed by atoms with van der Waals surface area (Å²) in [4.78, 5) is 0. The van der Waals surface area contributed by atoms with Gasteiger partial charge in [0.15, 0.2) is 11.6 Å². The van der Waals surface area contributed by atoms with Crippen LogP contribution in [0.25, 0.3) is 11.1 Å². The van der Waals surface area contributed by atoms with E-state index in [0.29, 0.717) is 16.1 Å². The predicted octanol–water partition coefficient (Wildman–Crippen LogP) is 4.16. The van der Waals surface area contributed by atoms with Crippen molar-refractivity contribution in [3.63, 3.8) is 0 Å². The summed E-state index contributed by atoms with van der Waals surface area (Å²) in [5.74, 6) is -2.01. The van der Waals surface area contributed by atoms with Crippen molar-refractivity contribution in [3.05, 3.63) is 58.6 Å². The Kier molecular flexibility index (Phi) is 3.08. The smallest absolute Gasteiger partial charge is 0.160 e. The Morgan fingerprint density at radius 1 is 1.00 bits per heavy atom. The van der Waals surface area contributed by atoms with Gasteiger partial charge in [0.05, 0.1) is 11.6 Å². The highest BCUT2D eigenvalue weighted by Crippen LogP contribution is 2.26. The van der Waals surface area contributed by atoms with Gasteiger partial charge in [-0.1, -0.05) is 23.7 Å². The van der Waals surface area contributed by atoms with E-state index in [2.05, 4.69) is 0 Å². The van der Waals surface area contributed by atoms with Gasteiger partial charge in [-0.15, -0.1) is 0 Å². The van der Waals surface area contributed by atoms with E-state index in [1.54, 1.807) is 24.3 Å². The van der Waals surface area contributed by atoms with E-state index < -0.39 is 11.6 Å². The molecule has 2 aromatic rings. The maximum absolute atomic E-state index is 13.1. The number of nitrogens with zero attached hydrogens (tertiary/aromatic N) is 1. The molecule has 84 valence electrons. The van der Waals surface area contributed by atoms with Crippen LogP contribution >= 0.6 is 11.6 Å². The lowest BCUT2D eigenvalue weighted by Crippen LogP contribution is -1.91. The van der Waals surface area contributed by atoms with E-state index >= 15 is 0 Å². The van der Waals surface area contributed by atoms with Crippen molar-refractivity contribution in [2.45, 2.75) is 0 Å². The molecule has 0 N–H and O–H groups in total. The molecule has 0 heterocycles. The van der Waals surface area contributed by atoms with Crippen LogP contribution in [-0.2, 0) is 0 Å². The summed E-state index contributed by atoms with van der Waals surface area (Å²) in [6, 6.07) is 10.3. The molecule has 0 amide bonds. The average Bonchev–Trinajstić information content (AvgIpc) is 2.33. The van der Waals surface area contributed by atoms with E-state index in [1.165, 1.54) is 0 Å². The summed E-state index contributed by atoms with van der Waals surface area (Å²) in [6.45, 7) is 0. The fourth-order valence-corrected chi connectivity index (χ4v) is 1.63. The molecule has 4 heteroatoms. The number of hydrogen-bond donors (Lipinski definition) is 0. The molecule has 0 saturated heterocycles. The number of hydrogen-bond acceptors (Lipinski definition) is 1. The first kappa shape index (κ1) is 11.6. The van der Waals surface area contributed by atoms with Crippen molar-refractivity contribution in [2.75, 3.05) is 0 Å². The summed E-state index contributed by atoms with van der Waals surface area (Å²) in [6.07, 6.45) is 0. The molecule has 0 unspecified atom stereocenters. The quantitative estimate of drug-likeness (QED) is 0.745. The number of halogens is 3. The maximum Gasteiger partial charge on any atom is 0.160 e. The zero-order valence-corrected chi connectivity index (χ0v) is 9.30. The van der Waals surface area contributed by atoms with E-state index in [0.717, 1.165) is 12.1 Å². The Balaban J connectivity index is 2.63. The van der Waals surface area contributed by atoms with Crippen LogP contribution in [0.1, 0.15) is 5.56 Å². The predicted molar refractivity (Wildman–Crippen MR) is 61.5 cm³/mol. The fraction of sp³-hybridized carbons (Fsp3) is 0. The summed E-state index contributed by atoms with van der Waals surface area (Å²) < 4.78 is 26.1. The molecule has 2 rings (SSSR count). The van der Waals surface area contributed by atoms with Gasteiger partial charge in [0, 0.05) is 10.6 Å². The van der Waals surface area contributed by atoms with Crippen LogP contribution in [0, 0.1) is 23.0 Å². The van der Waals surface area contributed by atoms with Crippen LogP contribution in [0.5, 0.6) is 0 Å². The summed E-state index contributed by atoms with van der Waals surface area (Å²) in [5.41, 5.74) is 1.05. The lowest BCUT2D eigenvalue weighted by Gasteiger charge is -2.05. The number of rotatable bonds is 1. The lowest BCUT2D eigenvalue weighted by molar-refractivity contribution is 0.508. The average molecular weight is 250 g/mol. The van der Waals surface area contributed by atoms with Crippen molar-refractivity contribution in [1.29, 1.82) is 5.26 Å². The van der Waals surface area contributed by atoms with Crippen molar-refractivity contribution in [3.8, 4) is 17.2 Å². The lowest BCUT2D eigenvalue weighted by atomic mass is 10.00. The van der Waals surface area contributed by atoms with Gasteiger partial charge >= 0.3 is 0 Å². The van der Waals surface area contributed by atoms with Gasteiger partial charge in [0.25, 0.3) is 0 Å². The van der Waals surface area contributed by atoms with Gasteiger partial charge in [-0.05, 0) is 29.8 Å². The normalized spacial score (nSPS) is 10.0. The van der Waals surface area contributed by atoms with E-state index in [1.807, 2.05) is 6.07 Å². The Morgan fingerprint density at radius 2 is 1.59 bits per heavy atom. The molecule has 0 radical (unpaired) electrons. The third-order valence-electron chi connectivity index (χ3n) is 2.34. The van der Waals surface area contributed by atoms with Crippen LogP contribution in [0.4, 0.5) is 8.78 Å². The topological polar surface area (TPSA) is 23.8 Å². The zero-order valence-electron chi connectivity index (χ0n) is 8.55. The molecule has 0 saturated carbocycles. The molecular weight excluding hydrogens is 244 g/mol. The van der Waals surface area contributed by atoms with Crippen molar-refractivity contribution in [2.24, 2.45) is 0 Å². The first-order valence-corrected chi connectivity index (χ1v) is 5.14. The Bertz CT molecular complexity index is 600. The Morgan fingerprint density at radius 3 is 2.18 bits per heavy atom. The second-order valence-corrected chi connectivity index (χ2v) is 3.87. The van der Waals surface area contributed by atoms with Crippen molar-refractivity contribution >= 4 is 11.6 Å². The minimum absolute atomic E-state index is 0.0891. The zero-order chi connectivity index (χ0) is 12.4. The van der Waals surface area contributed by atoms with E-state index in [-0.39, 0.29) is 5.56 Å². The minimum Gasteiger partial charge on any atom is -0.204 e. The third-order valence-corrected chi connectivity index (χ3v) is 2.59. The fourth-order valence-electron chi connectivity index (χ4n) is 1.51. The largest absolute Gasteiger partial charge is 0.204 e. The van der Waals surface area contributed by atoms with Gasteiger partial charge in [-0.25, -0.2) is 8.78 Å². The first-order valence-electron chi connectivity index (χ1n) is 4.77. The molecule has 17 heavy (non-hydrogen) atoms. The molecule has 2 aromatic carbocycles. The van der Waals surface area contributed by atoms with Gasteiger partial charge in [-0.3, -0.25) is 0 Å². The monoisotopic (exact) mass is 249 g/mol. The molecule has 1 nitrogen and oxygen atoms in total. The van der Waals surface area contributed by atoms with Crippen LogP contribution in [0.15, 0.2) is 36.4 Å². The molecule has 0 aromatic heterocycles. The Hall–Kier alpha value is -1.92. The second-order valence-electron chi connectivity index (χ2n) is 3.43. The molecule has 0 aliphatic carbocycles.